The molecule has 0 bridgehead atoms. The molecule has 0 spiro atoms. The fourth-order valence-electron chi connectivity index (χ4n) is 4.44. The van der Waals surface area contributed by atoms with Crippen LogP contribution in [0.4, 0.5) is 5.82 Å². The summed E-state index contributed by atoms with van der Waals surface area (Å²) in [6.07, 6.45) is 3.22. The number of anilines is 1. The third-order valence-electron chi connectivity index (χ3n) is 6.09. The molecule has 1 atom stereocenters. The molecule has 5 aromatic rings. The molecule has 0 saturated heterocycles. The van der Waals surface area contributed by atoms with Crippen LogP contribution in [-0.4, -0.2) is 38.4 Å². The van der Waals surface area contributed by atoms with Gasteiger partial charge in [0.2, 0.25) is 0 Å². The molecule has 3 heterocycles. The van der Waals surface area contributed by atoms with Gasteiger partial charge in [0, 0.05) is 29.1 Å². The highest BCUT2D eigenvalue weighted by Crippen LogP contribution is 2.37. The minimum absolute atomic E-state index is 0.0589. The number of fused-ring (bicyclic) bond motifs is 2. The van der Waals surface area contributed by atoms with Gasteiger partial charge in [-0.1, -0.05) is 36.4 Å². The van der Waals surface area contributed by atoms with Gasteiger partial charge in [0.1, 0.15) is 12.7 Å². The van der Waals surface area contributed by atoms with E-state index < -0.39 is 19.1 Å². The van der Waals surface area contributed by atoms with Crippen LogP contribution in [0, 0.1) is 0 Å². The van der Waals surface area contributed by atoms with Gasteiger partial charge in [-0.25, -0.2) is 9.50 Å². The van der Waals surface area contributed by atoms with Gasteiger partial charge in [0.25, 0.3) is 11.5 Å². The maximum absolute atomic E-state index is 14.0. The van der Waals surface area contributed by atoms with Gasteiger partial charge >= 0.3 is 0 Å². The van der Waals surface area contributed by atoms with Gasteiger partial charge in [0.05, 0.1) is 11.4 Å². The van der Waals surface area contributed by atoms with Crippen molar-refractivity contribution >= 4 is 40.6 Å². The molecule has 2 aromatic carbocycles. The molecule has 0 aliphatic heterocycles. The number of nitrogens with zero attached hydrogens (tertiary/aromatic N) is 4. The first-order valence-electron chi connectivity index (χ1n) is 11.4. The zero-order valence-corrected chi connectivity index (χ0v) is 20.9. The van der Waals surface area contributed by atoms with Crippen LogP contribution >= 0.6 is 7.14 Å². The third kappa shape index (κ3) is 3.97. The van der Waals surface area contributed by atoms with E-state index in [1.807, 2.05) is 42.5 Å². The predicted octanol–water partition coefficient (Wildman–Crippen LogP) is 3.35. The van der Waals surface area contributed by atoms with E-state index >= 15 is 0 Å². The number of benzene rings is 2. The number of hydrogen-bond acceptors (Lipinski definition) is 6. The van der Waals surface area contributed by atoms with Gasteiger partial charge in [-0.05, 0) is 49.9 Å². The lowest BCUT2D eigenvalue weighted by molar-refractivity contribution is 0.0941. The molecule has 182 valence electrons. The lowest BCUT2D eigenvalue weighted by Crippen LogP contribution is -2.33. The Balaban J connectivity index is 1.68. The van der Waals surface area contributed by atoms with Crippen LogP contribution in [0.2, 0.25) is 0 Å². The standard InChI is InChI=1S/C26H25N6O3P/c1-16(29-25(33)22-23(27)30-31-14-8-13-28-24(22)31)19-15-17-9-7-12-20(36(2,3)35)21(17)26(34)32(19)18-10-5-4-6-11-18/h4-16H,1-3H3,(H2,27,30)(H,29,33)/t16-/m1/s1. The van der Waals surface area contributed by atoms with E-state index in [0.29, 0.717) is 33.1 Å². The van der Waals surface area contributed by atoms with Crippen molar-refractivity contribution in [3.8, 4) is 5.69 Å². The summed E-state index contributed by atoms with van der Waals surface area (Å²) >= 11 is 0. The van der Waals surface area contributed by atoms with Crippen molar-refractivity contribution in [2.75, 3.05) is 19.1 Å². The van der Waals surface area contributed by atoms with E-state index in [2.05, 4.69) is 15.4 Å². The number of hydrogen-bond donors (Lipinski definition) is 2. The molecule has 0 fully saturated rings. The van der Waals surface area contributed by atoms with E-state index in [0.717, 1.165) is 0 Å². The second-order valence-corrected chi connectivity index (χ2v) is 12.2. The lowest BCUT2D eigenvalue weighted by Gasteiger charge is -2.22. The summed E-state index contributed by atoms with van der Waals surface area (Å²) < 4.78 is 16.0. The first-order valence-corrected chi connectivity index (χ1v) is 14.0. The van der Waals surface area contributed by atoms with E-state index in [1.165, 1.54) is 4.52 Å². The molecule has 10 heteroatoms. The summed E-state index contributed by atoms with van der Waals surface area (Å²) in [5.74, 6) is -0.398. The van der Waals surface area contributed by atoms with E-state index in [9.17, 15) is 14.2 Å². The minimum atomic E-state index is -2.74. The molecule has 1 amide bonds. The second-order valence-electron chi connectivity index (χ2n) is 8.98. The number of nitrogens with one attached hydrogen (secondary N) is 1. The second kappa shape index (κ2) is 8.77. The topological polar surface area (TPSA) is 124 Å². The van der Waals surface area contributed by atoms with Crippen LogP contribution in [0.25, 0.3) is 22.1 Å². The number of para-hydroxylation sites is 1. The maximum Gasteiger partial charge on any atom is 0.264 e. The zero-order valence-electron chi connectivity index (χ0n) is 20.0. The first kappa shape index (κ1) is 23.5. The lowest BCUT2D eigenvalue weighted by atomic mass is 10.1. The maximum atomic E-state index is 14.0. The Morgan fingerprint density at radius 2 is 1.83 bits per heavy atom. The molecule has 3 aromatic heterocycles. The smallest absolute Gasteiger partial charge is 0.264 e. The zero-order chi connectivity index (χ0) is 25.6. The molecule has 0 aliphatic carbocycles. The summed E-state index contributed by atoms with van der Waals surface area (Å²) in [6, 6.07) is 17.5. The quantitative estimate of drug-likeness (QED) is 0.357. The average molecular weight is 500 g/mol. The van der Waals surface area contributed by atoms with Gasteiger partial charge < -0.3 is 15.6 Å². The van der Waals surface area contributed by atoms with Crippen LogP contribution in [0.3, 0.4) is 0 Å². The summed E-state index contributed by atoms with van der Waals surface area (Å²) in [7, 11) is -2.74. The minimum Gasteiger partial charge on any atom is -0.381 e. The van der Waals surface area contributed by atoms with Crippen LogP contribution < -0.4 is 21.9 Å². The summed E-state index contributed by atoms with van der Waals surface area (Å²) in [5.41, 5.74) is 7.43. The fourth-order valence-corrected chi connectivity index (χ4v) is 5.65. The summed E-state index contributed by atoms with van der Waals surface area (Å²) in [6.45, 7) is 5.10. The molecule has 3 N–H and O–H groups in total. The Kier molecular flexibility index (Phi) is 5.73. The van der Waals surface area contributed by atoms with E-state index in [1.54, 1.807) is 55.4 Å². The van der Waals surface area contributed by atoms with Crippen LogP contribution in [-0.2, 0) is 4.57 Å². The summed E-state index contributed by atoms with van der Waals surface area (Å²) in [4.78, 5) is 31.5. The molecule has 0 aliphatic rings. The molecule has 5 rings (SSSR count). The first-order chi connectivity index (χ1) is 17.2. The number of pyridine rings is 1. The van der Waals surface area contributed by atoms with Crippen molar-refractivity contribution in [3.05, 3.63) is 94.7 Å². The molecule has 0 radical (unpaired) electrons. The van der Waals surface area contributed by atoms with Crippen LogP contribution in [0.1, 0.15) is 29.0 Å². The number of carbonyl (C=O) groups is 1. The molecule has 36 heavy (non-hydrogen) atoms. The Morgan fingerprint density at radius 1 is 1.08 bits per heavy atom. The monoisotopic (exact) mass is 500 g/mol. The predicted molar refractivity (Wildman–Crippen MR) is 142 cm³/mol. The molecule has 0 unspecified atom stereocenters. The van der Waals surface area contributed by atoms with Gasteiger partial charge in [-0.15, -0.1) is 5.10 Å². The molecule has 9 nitrogen and oxygen atoms in total. The molecular weight excluding hydrogens is 475 g/mol. The van der Waals surface area contributed by atoms with Crippen molar-refractivity contribution in [2.45, 2.75) is 13.0 Å². The number of amides is 1. The number of carbonyl (C=O) groups excluding carboxylic acids is 1. The number of rotatable bonds is 5. The third-order valence-corrected chi connectivity index (χ3v) is 7.62. The van der Waals surface area contributed by atoms with Crippen LogP contribution in [0.5, 0.6) is 0 Å². The Bertz CT molecular complexity index is 1740. The van der Waals surface area contributed by atoms with Crippen molar-refractivity contribution < 1.29 is 9.36 Å². The highest BCUT2D eigenvalue weighted by atomic mass is 31.2. The van der Waals surface area contributed by atoms with Crippen molar-refractivity contribution in [2.24, 2.45) is 0 Å². The van der Waals surface area contributed by atoms with Gasteiger partial charge in [0.15, 0.2) is 11.5 Å². The highest BCUT2D eigenvalue weighted by Gasteiger charge is 2.25. The van der Waals surface area contributed by atoms with E-state index in [-0.39, 0.29) is 16.9 Å². The molecular formula is C26H25N6O3P. The van der Waals surface area contributed by atoms with Crippen molar-refractivity contribution in [1.29, 1.82) is 0 Å². The Hall–Kier alpha value is -4.23. The van der Waals surface area contributed by atoms with Gasteiger partial charge in [-0.3, -0.25) is 14.2 Å². The van der Waals surface area contributed by atoms with Crippen LogP contribution in [0.15, 0.2) is 77.9 Å². The SMILES string of the molecule is C[C@@H](NC(=O)c1c(N)nn2cccnc12)c1cc2cccc(P(C)(C)=O)c2c(=O)n1-c1ccccc1. The number of aromatic nitrogens is 4. The largest absolute Gasteiger partial charge is 0.381 e. The normalized spacial score (nSPS) is 12.6. The molecule has 0 saturated carbocycles. The Labute approximate surface area is 207 Å². The van der Waals surface area contributed by atoms with Crippen molar-refractivity contribution in [3.63, 3.8) is 0 Å². The van der Waals surface area contributed by atoms with Gasteiger partial charge in [-0.2, -0.15) is 0 Å². The summed E-state index contributed by atoms with van der Waals surface area (Å²) in [5, 5.41) is 8.70. The average Bonchev–Trinajstić information content (AvgIpc) is 3.19. The highest BCUT2D eigenvalue weighted by molar-refractivity contribution is 7.70. The number of nitrogens with two attached hydrogens (primary N) is 1. The number of nitrogen functional groups attached to an aromatic ring is 1. The van der Waals surface area contributed by atoms with Crippen molar-refractivity contribution in [1.82, 2.24) is 24.5 Å². The fraction of sp³-hybridized carbons (Fsp3) is 0.154. The Morgan fingerprint density at radius 3 is 2.56 bits per heavy atom. The van der Waals surface area contributed by atoms with E-state index in [4.69, 9.17) is 5.73 Å².